The number of halogens is 3. The molecular weight excluding hydrogens is 327 g/mol. The number of unbranched alkanes of at least 4 members (excludes halogenated alkanes) is 1. The monoisotopic (exact) mass is 349 g/mol. The summed E-state index contributed by atoms with van der Waals surface area (Å²) < 4.78 is 43.5. The number of carbonyl (C=O) groups is 1. The molecule has 0 saturated carbocycles. The van der Waals surface area contributed by atoms with Gasteiger partial charge in [0.25, 0.3) is 0 Å². The van der Waals surface area contributed by atoms with Gasteiger partial charge in [0.2, 0.25) is 5.95 Å². The highest BCUT2D eigenvalue weighted by Crippen LogP contribution is 2.33. The molecule has 24 heavy (non-hydrogen) atoms. The Bertz CT molecular complexity index is 558. The normalized spacial score (nSPS) is 11.9. The molecule has 10 heteroatoms. The number of hydrogen-bond donors (Lipinski definition) is 3. The van der Waals surface area contributed by atoms with Crippen molar-refractivity contribution in [1.29, 1.82) is 0 Å². The number of rotatable bonds is 6. The highest BCUT2D eigenvalue weighted by atomic mass is 19.4. The van der Waals surface area contributed by atoms with Crippen LogP contribution in [0.3, 0.4) is 0 Å². The molecule has 0 atom stereocenters. The van der Waals surface area contributed by atoms with Crippen molar-refractivity contribution in [2.24, 2.45) is 0 Å². The Morgan fingerprint density at radius 2 is 1.88 bits per heavy atom. The second kappa shape index (κ2) is 8.02. The maximum absolute atomic E-state index is 12.8. The van der Waals surface area contributed by atoms with Gasteiger partial charge in [0.15, 0.2) is 0 Å². The van der Waals surface area contributed by atoms with Crippen LogP contribution in [0.1, 0.15) is 39.2 Å². The van der Waals surface area contributed by atoms with E-state index in [0.29, 0.717) is 25.6 Å². The highest BCUT2D eigenvalue weighted by Gasteiger charge is 2.35. The first kappa shape index (κ1) is 19.8. The van der Waals surface area contributed by atoms with Gasteiger partial charge in [-0.2, -0.15) is 18.2 Å². The van der Waals surface area contributed by atoms with Crippen LogP contribution in [-0.2, 0) is 10.9 Å². The fraction of sp³-hybridized carbons (Fsp3) is 0.643. The van der Waals surface area contributed by atoms with E-state index in [1.54, 1.807) is 20.8 Å². The summed E-state index contributed by atoms with van der Waals surface area (Å²) in [7, 11) is 0. The SMILES string of the molecule is CC(C)(C)OC(=O)NCCCCNc1nc(N)ncc1C(F)(F)F. The quantitative estimate of drug-likeness (QED) is 0.683. The van der Waals surface area contributed by atoms with E-state index in [2.05, 4.69) is 20.6 Å². The number of nitrogens with two attached hydrogens (primary N) is 1. The van der Waals surface area contributed by atoms with Crippen molar-refractivity contribution in [3.63, 3.8) is 0 Å². The third-order valence-corrected chi connectivity index (χ3v) is 2.68. The maximum atomic E-state index is 12.8. The lowest BCUT2D eigenvalue weighted by Gasteiger charge is -2.19. The summed E-state index contributed by atoms with van der Waals surface area (Å²) in [6.45, 7) is 5.86. The van der Waals surface area contributed by atoms with Crippen molar-refractivity contribution >= 4 is 17.9 Å². The molecule has 0 aliphatic heterocycles. The van der Waals surface area contributed by atoms with E-state index in [-0.39, 0.29) is 18.3 Å². The fourth-order valence-electron chi connectivity index (χ4n) is 1.70. The molecule has 0 aliphatic rings. The molecule has 0 saturated heterocycles. The van der Waals surface area contributed by atoms with Crippen LogP contribution >= 0.6 is 0 Å². The predicted molar refractivity (Wildman–Crippen MR) is 83.4 cm³/mol. The smallest absolute Gasteiger partial charge is 0.421 e. The topological polar surface area (TPSA) is 102 Å². The van der Waals surface area contributed by atoms with E-state index in [0.717, 1.165) is 0 Å². The van der Waals surface area contributed by atoms with Gasteiger partial charge in [-0.15, -0.1) is 0 Å². The Balaban J connectivity index is 2.36. The van der Waals surface area contributed by atoms with Crippen LogP contribution in [0, 0.1) is 0 Å². The Hall–Kier alpha value is -2.26. The minimum atomic E-state index is -4.56. The summed E-state index contributed by atoms with van der Waals surface area (Å²) in [6.07, 6.45) is -3.35. The van der Waals surface area contributed by atoms with Crippen molar-refractivity contribution in [3.8, 4) is 0 Å². The van der Waals surface area contributed by atoms with Crippen molar-refractivity contribution in [2.75, 3.05) is 24.1 Å². The largest absolute Gasteiger partial charge is 0.444 e. The minimum Gasteiger partial charge on any atom is -0.444 e. The van der Waals surface area contributed by atoms with Gasteiger partial charge in [-0.1, -0.05) is 0 Å². The maximum Gasteiger partial charge on any atom is 0.421 e. The molecule has 1 aromatic rings. The lowest BCUT2D eigenvalue weighted by Crippen LogP contribution is -2.33. The zero-order valence-electron chi connectivity index (χ0n) is 13.8. The third kappa shape index (κ3) is 7.34. The standard InChI is InChI=1S/C14H22F3N5O2/c1-13(2,3)24-12(23)20-7-5-4-6-19-10-9(14(15,16)17)8-21-11(18)22-10/h8H,4-7H2,1-3H3,(H,20,23)(H3,18,19,21,22). The number of hydrogen-bond acceptors (Lipinski definition) is 6. The van der Waals surface area contributed by atoms with Crippen molar-refractivity contribution in [1.82, 2.24) is 15.3 Å². The van der Waals surface area contributed by atoms with Gasteiger partial charge in [0.05, 0.1) is 0 Å². The second-order valence-corrected chi connectivity index (χ2v) is 6.05. The van der Waals surface area contributed by atoms with E-state index < -0.39 is 23.4 Å². The van der Waals surface area contributed by atoms with E-state index >= 15 is 0 Å². The molecule has 0 aliphatic carbocycles. The number of aromatic nitrogens is 2. The number of amides is 1. The molecule has 1 amide bonds. The average molecular weight is 349 g/mol. The van der Waals surface area contributed by atoms with E-state index in [4.69, 9.17) is 10.5 Å². The van der Waals surface area contributed by atoms with Gasteiger partial charge >= 0.3 is 12.3 Å². The molecular formula is C14H22F3N5O2. The van der Waals surface area contributed by atoms with Crippen LogP contribution in [0.25, 0.3) is 0 Å². The number of anilines is 2. The van der Waals surface area contributed by atoms with Gasteiger partial charge in [0.1, 0.15) is 17.0 Å². The zero-order valence-corrected chi connectivity index (χ0v) is 13.8. The fourth-order valence-corrected chi connectivity index (χ4v) is 1.70. The molecule has 1 heterocycles. The Morgan fingerprint density at radius 1 is 1.25 bits per heavy atom. The number of nitrogen functional groups attached to an aromatic ring is 1. The summed E-state index contributed by atoms with van der Waals surface area (Å²) in [4.78, 5) is 18.3. The number of alkyl halides is 3. The molecule has 0 radical (unpaired) electrons. The van der Waals surface area contributed by atoms with Gasteiger partial charge in [0, 0.05) is 19.3 Å². The lowest BCUT2D eigenvalue weighted by molar-refractivity contribution is -0.137. The summed E-state index contributed by atoms with van der Waals surface area (Å²) >= 11 is 0. The summed E-state index contributed by atoms with van der Waals surface area (Å²) in [6, 6.07) is 0. The predicted octanol–water partition coefficient (Wildman–Crippen LogP) is 2.79. The molecule has 136 valence electrons. The van der Waals surface area contributed by atoms with Gasteiger partial charge < -0.3 is 21.1 Å². The molecule has 1 aromatic heterocycles. The first-order chi connectivity index (χ1) is 11.0. The molecule has 0 spiro atoms. The van der Waals surface area contributed by atoms with E-state index in [1.165, 1.54) is 0 Å². The van der Waals surface area contributed by atoms with Gasteiger partial charge in [-0.3, -0.25) is 0 Å². The Morgan fingerprint density at radius 3 is 2.46 bits per heavy atom. The molecule has 0 aromatic carbocycles. The Labute approximate surface area is 138 Å². The molecule has 0 bridgehead atoms. The molecule has 0 unspecified atom stereocenters. The number of alkyl carbamates (subject to hydrolysis) is 1. The first-order valence-electron chi connectivity index (χ1n) is 7.39. The van der Waals surface area contributed by atoms with Gasteiger partial charge in [-0.25, -0.2) is 9.78 Å². The lowest BCUT2D eigenvalue weighted by atomic mass is 10.2. The average Bonchev–Trinajstić information content (AvgIpc) is 2.39. The number of ether oxygens (including phenoxy) is 1. The third-order valence-electron chi connectivity index (χ3n) is 2.68. The molecule has 1 rings (SSSR count). The highest BCUT2D eigenvalue weighted by molar-refractivity contribution is 5.67. The number of nitrogens with one attached hydrogen (secondary N) is 2. The molecule has 4 N–H and O–H groups in total. The van der Waals surface area contributed by atoms with Crippen LogP contribution in [0.5, 0.6) is 0 Å². The second-order valence-electron chi connectivity index (χ2n) is 6.05. The van der Waals surface area contributed by atoms with Crippen LogP contribution in [0.4, 0.5) is 29.7 Å². The number of carbonyl (C=O) groups excluding carboxylic acids is 1. The number of nitrogens with zero attached hydrogens (tertiary/aromatic N) is 2. The Kier molecular flexibility index (Phi) is 6.61. The summed E-state index contributed by atoms with van der Waals surface area (Å²) in [5, 5.41) is 5.16. The van der Waals surface area contributed by atoms with Crippen molar-refractivity contribution < 1.29 is 22.7 Å². The first-order valence-corrected chi connectivity index (χ1v) is 7.39. The molecule has 7 nitrogen and oxygen atoms in total. The zero-order chi connectivity index (χ0) is 18.4. The van der Waals surface area contributed by atoms with Crippen molar-refractivity contribution in [2.45, 2.75) is 45.4 Å². The van der Waals surface area contributed by atoms with Crippen LogP contribution in [0.15, 0.2) is 6.20 Å². The summed E-state index contributed by atoms with van der Waals surface area (Å²) in [5.41, 5.74) is 3.77. The van der Waals surface area contributed by atoms with Gasteiger partial charge in [-0.05, 0) is 33.6 Å². The van der Waals surface area contributed by atoms with E-state index in [1.807, 2.05) is 0 Å². The minimum absolute atomic E-state index is 0.239. The van der Waals surface area contributed by atoms with Crippen LogP contribution < -0.4 is 16.4 Å². The van der Waals surface area contributed by atoms with Crippen LogP contribution in [0.2, 0.25) is 0 Å². The van der Waals surface area contributed by atoms with Crippen LogP contribution in [-0.4, -0.2) is 34.8 Å². The molecule has 0 fully saturated rings. The van der Waals surface area contributed by atoms with E-state index in [9.17, 15) is 18.0 Å². The summed E-state index contributed by atoms with van der Waals surface area (Å²) in [5.74, 6) is -0.591. The van der Waals surface area contributed by atoms with Crippen molar-refractivity contribution in [3.05, 3.63) is 11.8 Å².